The minimum absolute atomic E-state index is 0.0356. The van der Waals surface area contributed by atoms with Crippen LogP contribution >= 0.6 is 0 Å². The number of rotatable bonds is 8. The van der Waals surface area contributed by atoms with Crippen LogP contribution in [0.4, 0.5) is 4.79 Å². The highest BCUT2D eigenvalue weighted by molar-refractivity contribution is 5.97. The second kappa shape index (κ2) is 10.7. The average molecular weight is 384 g/mol. The Kier molecular flexibility index (Phi) is 8.02. The van der Waals surface area contributed by atoms with Crippen molar-refractivity contribution in [2.45, 2.75) is 26.4 Å². The van der Waals surface area contributed by atoms with E-state index in [1.54, 1.807) is 37.3 Å². The molecule has 7 heteroatoms. The van der Waals surface area contributed by atoms with Gasteiger partial charge in [0, 0.05) is 12.1 Å². The van der Waals surface area contributed by atoms with Crippen molar-refractivity contribution in [3.63, 3.8) is 0 Å². The molecule has 0 aliphatic rings. The van der Waals surface area contributed by atoms with Gasteiger partial charge < -0.3 is 14.8 Å². The molecule has 0 aliphatic heterocycles. The van der Waals surface area contributed by atoms with Gasteiger partial charge in [-0.1, -0.05) is 48.5 Å². The molecule has 0 saturated heterocycles. The first kappa shape index (κ1) is 21.0. The maximum absolute atomic E-state index is 12.4. The van der Waals surface area contributed by atoms with Crippen LogP contribution in [0.15, 0.2) is 54.6 Å². The average Bonchev–Trinajstić information content (AvgIpc) is 2.68. The van der Waals surface area contributed by atoms with E-state index in [2.05, 4.69) is 10.6 Å². The van der Waals surface area contributed by atoms with Crippen molar-refractivity contribution in [3.05, 3.63) is 65.7 Å². The van der Waals surface area contributed by atoms with Crippen LogP contribution in [0.5, 0.6) is 5.75 Å². The monoisotopic (exact) mass is 384 g/mol. The van der Waals surface area contributed by atoms with Crippen LogP contribution in [0.2, 0.25) is 0 Å². The largest absolute Gasteiger partial charge is 0.493 e. The summed E-state index contributed by atoms with van der Waals surface area (Å²) < 4.78 is 10.9. The van der Waals surface area contributed by atoms with Gasteiger partial charge in [-0.05, 0) is 25.5 Å². The highest BCUT2D eigenvalue weighted by Gasteiger charge is 2.26. The fraction of sp³-hybridized carbons (Fsp3) is 0.286. The van der Waals surface area contributed by atoms with Crippen LogP contribution in [0.1, 0.15) is 30.6 Å². The highest BCUT2D eigenvalue weighted by Crippen LogP contribution is 2.19. The lowest BCUT2D eigenvalue weighted by atomic mass is 10.1. The predicted molar refractivity (Wildman–Crippen MR) is 104 cm³/mol. The molecule has 2 rings (SSSR count). The van der Waals surface area contributed by atoms with Crippen LogP contribution in [0, 0.1) is 6.92 Å². The minimum Gasteiger partial charge on any atom is -0.493 e. The van der Waals surface area contributed by atoms with Gasteiger partial charge >= 0.3 is 12.0 Å². The van der Waals surface area contributed by atoms with Crippen LogP contribution in [-0.4, -0.2) is 31.1 Å². The highest BCUT2D eigenvalue weighted by atomic mass is 16.6. The molecule has 2 aromatic carbocycles. The zero-order chi connectivity index (χ0) is 20.4. The van der Waals surface area contributed by atoms with Crippen molar-refractivity contribution in [2.24, 2.45) is 0 Å². The van der Waals surface area contributed by atoms with Gasteiger partial charge in [-0.25, -0.2) is 4.79 Å². The standard InChI is InChI=1S/C21H24N2O5/c1-3-22-21(26)23-20(25)19(16-10-5-4-6-11-16)28-18(24)13-14-27-17-12-8-7-9-15(17)2/h4-12,19H,3,13-14H2,1-2H3,(H2,22,23,25,26)/t19-/m1/s1. The Balaban J connectivity index is 1.97. The third kappa shape index (κ3) is 6.42. The maximum Gasteiger partial charge on any atom is 0.321 e. The van der Waals surface area contributed by atoms with E-state index in [1.165, 1.54) is 0 Å². The zero-order valence-electron chi connectivity index (χ0n) is 15.9. The molecule has 148 valence electrons. The summed E-state index contributed by atoms with van der Waals surface area (Å²) in [5, 5.41) is 4.64. The van der Waals surface area contributed by atoms with E-state index in [-0.39, 0.29) is 13.0 Å². The molecule has 0 aromatic heterocycles. The van der Waals surface area contributed by atoms with E-state index in [0.29, 0.717) is 17.9 Å². The number of amides is 3. The molecular formula is C21H24N2O5. The molecule has 2 aromatic rings. The quantitative estimate of drug-likeness (QED) is 0.683. The van der Waals surface area contributed by atoms with E-state index in [1.807, 2.05) is 31.2 Å². The molecule has 7 nitrogen and oxygen atoms in total. The number of urea groups is 1. The maximum atomic E-state index is 12.4. The summed E-state index contributed by atoms with van der Waals surface area (Å²) in [6.07, 6.45) is -1.26. The Morgan fingerprint density at radius 3 is 2.36 bits per heavy atom. The third-order valence-corrected chi connectivity index (χ3v) is 3.82. The van der Waals surface area contributed by atoms with Gasteiger partial charge in [0.25, 0.3) is 5.91 Å². The lowest BCUT2D eigenvalue weighted by molar-refractivity contribution is -0.156. The summed E-state index contributed by atoms with van der Waals surface area (Å²) in [4.78, 5) is 36.3. The number of esters is 1. The van der Waals surface area contributed by atoms with Crippen LogP contribution in [0.25, 0.3) is 0 Å². The van der Waals surface area contributed by atoms with Crippen molar-refractivity contribution in [3.8, 4) is 5.75 Å². The molecule has 0 aliphatic carbocycles. The van der Waals surface area contributed by atoms with Gasteiger partial charge in [-0.3, -0.25) is 14.9 Å². The molecule has 0 heterocycles. The van der Waals surface area contributed by atoms with Crippen LogP contribution < -0.4 is 15.4 Å². The number of carbonyl (C=O) groups excluding carboxylic acids is 3. The lowest BCUT2D eigenvalue weighted by Crippen LogP contribution is -2.42. The first-order valence-corrected chi connectivity index (χ1v) is 9.02. The Morgan fingerprint density at radius 2 is 1.68 bits per heavy atom. The Hall–Kier alpha value is -3.35. The summed E-state index contributed by atoms with van der Waals surface area (Å²) in [6, 6.07) is 15.3. The number of aryl methyl sites for hydroxylation is 1. The van der Waals surface area contributed by atoms with E-state index >= 15 is 0 Å². The Labute approximate surface area is 164 Å². The van der Waals surface area contributed by atoms with Crippen molar-refractivity contribution in [2.75, 3.05) is 13.2 Å². The molecule has 0 bridgehead atoms. The predicted octanol–water partition coefficient (Wildman–Crippen LogP) is 2.89. The number of carbonyl (C=O) groups is 3. The summed E-state index contributed by atoms with van der Waals surface area (Å²) in [5.74, 6) is -0.636. The first-order chi connectivity index (χ1) is 13.5. The van der Waals surface area contributed by atoms with Gasteiger partial charge in [-0.2, -0.15) is 0 Å². The molecule has 0 radical (unpaired) electrons. The smallest absolute Gasteiger partial charge is 0.321 e. The number of benzene rings is 2. The molecule has 3 amide bonds. The fourth-order valence-corrected chi connectivity index (χ4v) is 2.44. The summed E-state index contributed by atoms with van der Waals surface area (Å²) in [7, 11) is 0. The third-order valence-electron chi connectivity index (χ3n) is 3.82. The molecule has 0 unspecified atom stereocenters. The molecule has 1 atom stereocenters. The van der Waals surface area contributed by atoms with Gasteiger partial charge in [-0.15, -0.1) is 0 Å². The SMILES string of the molecule is CCNC(=O)NC(=O)[C@H](OC(=O)CCOc1ccccc1C)c1ccccc1. The number of nitrogens with one attached hydrogen (secondary N) is 2. The topological polar surface area (TPSA) is 93.7 Å². The van der Waals surface area contributed by atoms with Gasteiger partial charge in [0.05, 0.1) is 13.0 Å². The fourth-order valence-electron chi connectivity index (χ4n) is 2.44. The van der Waals surface area contributed by atoms with E-state index in [9.17, 15) is 14.4 Å². The Bertz CT molecular complexity index is 807. The minimum atomic E-state index is -1.23. The number of imide groups is 1. The summed E-state index contributed by atoms with van der Waals surface area (Å²) in [6.45, 7) is 4.12. The number of hydrogen-bond acceptors (Lipinski definition) is 5. The van der Waals surface area contributed by atoms with Crippen molar-refractivity contribution in [1.82, 2.24) is 10.6 Å². The van der Waals surface area contributed by atoms with Gasteiger partial charge in [0.1, 0.15) is 5.75 Å². The number of hydrogen-bond donors (Lipinski definition) is 2. The molecule has 0 fully saturated rings. The summed E-state index contributed by atoms with van der Waals surface area (Å²) in [5.41, 5.74) is 1.43. The second-order valence-electron chi connectivity index (χ2n) is 5.99. The van der Waals surface area contributed by atoms with Gasteiger partial charge in [0.2, 0.25) is 6.10 Å². The van der Waals surface area contributed by atoms with Crippen LogP contribution in [0.3, 0.4) is 0 Å². The van der Waals surface area contributed by atoms with Crippen LogP contribution in [-0.2, 0) is 14.3 Å². The van der Waals surface area contributed by atoms with E-state index < -0.39 is 24.0 Å². The molecule has 2 N–H and O–H groups in total. The van der Waals surface area contributed by atoms with E-state index in [0.717, 1.165) is 5.56 Å². The van der Waals surface area contributed by atoms with Crippen molar-refractivity contribution >= 4 is 17.9 Å². The molecular weight excluding hydrogens is 360 g/mol. The normalized spacial score (nSPS) is 11.2. The van der Waals surface area contributed by atoms with Crippen molar-refractivity contribution in [1.29, 1.82) is 0 Å². The number of ether oxygens (including phenoxy) is 2. The first-order valence-electron chi connectivity index (χ1n) is 9.02. The zero-order valence-corrected chi connectivity index (χ0v) is 15.9. The molecule has 0 saturated carbocycles. The second-order valence-corrected chi connectivity index (χ2v) is 5.99. The lowest BCUT2D eigenvalue weighted by Gasteiger charge is -2.18. The van der Waals surface area contributed by atoms with E-state index in [4.69, 9.17) is 9.47 Å². The van der Waals surface area contributed by atoms with Gasteiger partial charge in [0.15, 0.2) is 0 Å². The Morgan fingerprint density at radius 1 is 1.00 bits per heavy atom. The summed E-state index contributed by atoms with van der Waals surface area (Å²) >= 11 is 0. The molecule has 0 spiro atoms. The van der Waals surface area contributed by atoms with Crippen molar-refractivity contribution < 1.29 is 23.9 Å². The number of para-hydroxylation sites is 1. The molecule has 28 heavy (non-hydrogen) atoms.